The first kappa shape index (κ1) is 26.3. The molecule has 0 saturated carbocycles. The lowest BCUT2D eigenvalue weighted by Gasteiger charge is -2.25. The van der Waals surface area contributed by atoms with Gasteiger partial charge in [0, 0.05) is 24.2 Å². The zero-order chi connectivity index (χ0) is 23.0. The molecule has 2 rings (SSSR count). The lowest BCUT2D eigenvalue weighted by atomic mass is 10.1. The largest absolute Gasteiger partial charge is 0.408 e. The van der Waals surface area contributed by atoms with Gasteiger partial charge in [0.2, 0.25) is 0 Å². The second kappa shape index (κ2) is 15.8. The number of aliphatic hydroxyl groups excluding tert-OH is 2. The zero-order valence-electron chi connectivity index (χ0n) is 19.0. The van der Waals surface area contributed by atoms with Crippen LogP contribution in [0, 0.1) is 6.92 Å². The van der Waals surface area contributed by atoms with E-state index in [-0.39, 0.29) is 13.2 Å². The van der Waals surface area contributed by atoms with E-state index in [1.807, 2.05) is 30.6 Å². The topological polar surface area (TPSA) is 100.0 Å². The van der Waals surface area contributed by atoms with Gasteiger partial charge >= 0.3 is 5.13 Å². The summed E-state index contributed by atoms with van der Waals surface area (Å²) in [5.41, 5.74) is 2.91. The van der Waals surface area contributed by atoms with Crippen molar-refractivity contribution in [2.45, 2.75) is 20.4 Å². The van der Waals surface area contributed by atoms with Crippen LogP contribution in [0.1, 0.15) is 12.5 Å². The number of rotatable bonds is 17. The van der Waals surface area contributed by atoms with E-state index in [0.29, 0.717) is 52.7 Å². The van der Waals surface area contributed by atoms with Crippen LogP contribution in [0.5, 0.6) is 0 Å². The molecule has 2 aromatic rings. The Bertz CT molecular complexity index is 802. The van der Waals surface area contributed by atoms with Crippen molar-refractivity contribution in [2.24, 2.45) is 10.2 Å². The van der Waals surface area contributed by atoms with Gasteiger partial charge in [-0.05, 0) is 54.1 Å². The molecule has 0 spiro atoms. The first-order valence-electron chi connectivity index (χ1n) is 10.9. The highest BCUT2D eigenvalue weighted by atomic mass is 32.1. The molecule has 1 aromatic heterocycles. The summed E-state index contributed by atoms with van der Waals surface area (Å²) in [4.78, 5) is 2.18. The summed E-state index contributed by atoms with van der Waals surface area (Å²) >= 11 is 1.56. The molecule has 2 N–H and O–H groups in total. The molecule has 0 unspecified atom stereocenters. The van der Waals surface area contributed by atoms with Crippen LogP contribution < -0.4 is 9.47 Å². The summed E-state index contributed by atoms with van der Waals surface area (Å²) in [7, 11) is 0. The van der Waals surface area contributed by atoms with Gasteiger partial charge in [-0.25, -0.2) is 4.57 Å². The van der Waals surface area contributed by atoms with E-state index in [1.165, 1.54) is 0 Å². The Balaban J connectivity index is 1.98. The first-order valence-corrected chi connectivity index (χ1v) is 11.8. The number of benzene rings is 1. The quantitative estimate of drug-likeness (QED) is 0.211. The van der Waals surface area contributed by atoms with E-state index in [2.05, 4.69) is 32.7 Å². The van der Waals surface area contributed by atoms with Crippen molar-refractivity contribution in [1.82, 2.24) is 0 Å². The highest BCUT2D eigenvalue weighted by Crippen LogP contribution is 2.27. The number of thiazole rings is 1. The predicted octanol–water partition coefficient (Wildman–Crippen LogP) is 2.62. The number of aromatic nitrogens is 1. The minimum absolute atomic E-state index is 0.0119. The Morgan fingerprint density at radius 2 is 1.59 bits per heavy atom. The van der Waals surface area contributed by atoms with Crippen molar-refractivity contribution < 1.29 is 29.0 Å². The van der Waals surface area contributed by atoms with Crippen LogP contribution in [0.15, 0.2) is 40.0 Å². The maximum absolute atomic E-state index is 8.92. The Morgan fingerprint density at radius 3 is 2.22 bits per heavy atom. The van der Waals surface area contributed by atoms with Gasteiger partial charge in [-0.3, -0.25) is 0 Å². The average Bonchev–Trinajstić information content (AvgIpc) is 3.26. The number of azo groups is 1. The second-order valence-corrected chi connectivity index (χ2v) is 7.79. The third kappa shape index (κ3) is 9.27. The number of nitrogens with zero attached hydrogens (tertiary/aromatic N) is 4. The number of ether oxygens (including phenoxy) is 3. The van der Waals surface area contributed by atoms with Crippen molar-refractivity contribution in [3.8, 4) is 0 Å². The fraction of sp³-hybridized carbons (Fsp3) is 0.591. The Labute approximate surface area is 193 Å². The molecule has 0 fully saturated rings. The van der Waals surface area contributed by atoms with Crippen molar-refractivity contribution in [1.29, 1.82) is 0 Å². The van der Waals surface area contributed by atoms with Gasteiger partial charge in [0.15, 0.2) is 0 Å². The summed E-state index contributed by atoms with van der Waals surface area (Å²) in [6.45, 7) is 9.00. The standard InChI is InChI=1S/C22H35N4O5S/c1-3-25-8-17-32-22(25)24-23-21-5-4-20(18-19(21)2)26(6-11-29-13-9-27)7-12-30-15-16-31-14-10-28/h4-5,8,17-18,27-28H,3,6-7,9-16H2,1-2H3/q+1. The number of aryl methyl sites for hydroxylation is 2. The molecular weight excluding hydrogens is 432 g/mol. The monoisotopic (exact) mass is 467 g/mol. The maximum Gasteiger partial charge on any atom is 0.408 e. The summed E-state index contributed by atoms with van der Waals surface area (Å²) in [6.07, 6.45) is 2.01. The van der Waals surface area contributed by atoms with E-state index in [0.717, 1.165) is 28.6 Å². The molecule has 0 aliphatic carbocycles. The van der Waals surface area contributed by atoms with Gasteiger partial charge in [0.1, 0.15) is 11.9 Å². The second-order valence-electron chi connectivity index (χ2n) is 6.91. The molecule has 0 radical (unpaired) electrons. The normalized spacial score (nSPS) is 11.5. The fourth-order valence-corrected chi connectivity index (χ4v) is 3.68. The molecule has 0 bridgehead atoms. The Morgan fingerprint density at radius 1 is 0.938 bits per heavy atom. The highest BCUT2D eigenvalue weighted by Gasteiger charge is 2.12. The van der Waals surface area contributed by atoms with Crippen molar-refractivity contribution >= 4 is 27.8 Å². The molecule has 0 aliphatic rings. The lowest BCUT2D eigenvalue weighted by Crippen LogP contribution is -2.31. The smallest absolute Gasteiger partial charge is 0.394 e. The van der Waals surface area contributed by atoms with Gasteiger partial charge in [-0.15, -0.1) is 0 Å². The molecule has 0 amide bonds. The highest BCUT2D eigenvalue weighted by molar-refractivity contribution is 7.12. The van der Waals surface area contributed by atoms with Crippen LogP contribution in [0.2, 0.25) is 0 Å². The van der Waals surface area contributed by atoms with Crippen LogP contribution in [0.25, 0.3) is 0 Å². The SMILES string of the molecule is CC[n+]1ccsc1N=Nc1ccc(N(CCOCCO)CCOCCOCCO)cc1C. The Kier molecular flexibility index (Phi) is 13.0. The van der Waals surface area contributed by atoms with Gasteiger partial charge in [-0.1, -0.05) is 0 Å². The van der Waals surface area contributed by atoms with Gasteiger partial charge in [0.25, 0.3) is 0 Å². The minimum atomic E-state index is 0.0119. The summed E-state index contributed by atoms with van der Waals surface area (Å²) < 4.78 is 18.4. The molecule has 32 heavy (non-hydrogen) atoms. The summed E-state index contributed by atoms with van der Waals surface area (Å²) in [6, 6.07) is 6.09. The van der Waals surface area contributed by atoms with Crippen molar-refractivity contribution in [2.75, 3.05) is 70.8 Å². The molecule has 10 heteroatoms. The van der Waals surface area contributed by atoms with E-state index in [1.54, 1.807) is 11.3 Å². The molecule has 1 aromatic carbocycles. The number of aliphatic hydroxyl groups is 2. The predicted molar refractivity (Wildman–Crippen MR) is 124 cm³/mol. The zero-order valence-corrected chi connectivity index (χ0v) is 19.8. The third-order valence-corrected chi connectivity index (χ3v) is 5.43. The van der Waals surface area contributed by atoms with Crippen LogP contribution in [0.3, 0.4) is 0 Å². The summed E-state index contributed by atoms with van der Waals surface area (Å²) in [5.74, 6) is 0. The van der Waals surface area contributed by atoms with Crippen LogP contribution in [0.4, 0.5) is 16.5 Å². The van der Waals surface area contributed by atoms with E-state index < -0.39 is 0 Å². The molecule has 0 atom stereocenters. The minimum Gasteiger partial charge on any atom is -0.394 e. The molecule has 0 saturated heterocycles. The number of anilines is 1. The molecular formula is C22H35N4O5S+. The molecule has 0 aliphatic heterocycles. The van der Waals surface area contributed by atoms with Crippen molar-refractivity contribution in [3.63, 3.8) is 0 Å². The van der Waals surface area contributed by atoms with Gasteiger partial charge in [-0.2, -0.15) is 0 Å². The van der Waals surface area contributed by atoms with Crippen molar-refractivity contribution in [3.05, 3.63) is 35.3 Å². The number of hydrogen-bond acceptors (Lipinski definition) is 9. The molecule has 9 nitrogen and oxygen atoms in total. The maximum atomic E-state index is 8.92. The van der Waals surface area contributed by atoms with Gasteiger partial charge in [0.05, 0.1) is 64.5 Å². The van der Waals surface area contributed by atoms with E-state index in [9.17, 15) is 0 Å². The first-order chi connectivity index (χ1) is 15.7. The third-order valence-electron chi connectivity index (χ3n) is 4.64. The number of hydrogen-bond donors (Lipinski definition) is 2. The van der Waals surface area contributed by atoms with Gasteiger partial charge < -0.3 is 29.3 Å². The molecule has 1 heterocycles. The Hall–Kier alpha value is -1.95. The fourth-order valence-electron chi connectivity index (χ4n) is 2.94. The molecule has 178 valence electrons. The lowest BCUT2D eigenvalue weighted by molar-refractivity contribution is -0.676. The van der Waals surface area contributed by atoms with E-state index >= 15 is 0 Å². The van der Waals surface area contributed by atoms with E-state index in [4.69, 9.17) is 24.4 Å². The summed E-state index contributed by atoms with van der Waals surface area (Å²) in [5, 5.41) is 29.4. The van der Waals surface area contributed by atoms with Crippen LogP contribution in [-0.4, -0.2) is 76.2 Å². The van der Waals surface area contributed by atoms with Crippen LogP contribution in [-0.2, 0) is 20.8 Å². The van der Waals surface area contributed by atoms with Crippen LogP contribution >= 0.6 is 11.3 Å². The average molecular weight is 468 g/mol.